The molecule has 1 aliphatic rings. The van der Waals surface area contributed by atoms with Gasteiger partial charge in [-0.05, 0) is 41.7 Å². The molecule has 0 atom stereocenters. The first-order valence-corrected chi connectivity index (χ1v) is 11.6. The van der Waals surface area contributed by atoms with Gasteiger partial charge in [0.1, 0.15) is 0 Å². The molecule has 1 N–H and O–H groups in total. The SMILES string of the molecule is Cc1nc(-c2cccc(C(=O)NCC3(c4cccc(-c5ccccc5)c4)CCOCC3)c2)no1. The zero-order valence-electron chi connectivity index (χ0n) is 19.2. The lowest BCUT2D eigenvalue weighted by molar-refractivity contribution is 0.0487. The quantitative estimate of drug-likeness (QED) is 0.435. The van der Waals surface area contributed by atoms with Crippen LogP contribution in [0.4, 0.5) is 0 Å². The van der Waals surface area contributed by atoms with Crippen molar-refractivity contribution in [3.8, 4) is 22.5 Å². The standard InChI is InChI=1S/C28H27N3O3/c1-20-30-26(31-34-20)23-10-5-11-24(17-23)27(32)29-19-28(13-15-33-16-14-28)25-12-6-9-22(18-25)21-7-3-2-4-8-21/h2-12,17-18H,13-16,19H2,1H3,(H,29,32). The van der Waals surface area contributed by atoms with E-state index in [2.05, 4.69) is 64.0 Å². The van der Waals surface area contributed by atoms with Crippen molar-refractivity contribution in [1.29, 1.82) is 0 Å². The average molecular weight is 454 g/mol. The molecule has 6 heteroatoms. The van der Waals surface area contributed by atoms with E-state index in [0.29, 0.717) is 37.0 Å². The minimum absolute atomic E-state index is 0.118. The fourth-order valence-corrected chi connectivity index (χ4v) is 4.56. The summed E-state index contributed by atoms with van der Waals surface area (Å²) in [5.41, 5.74) is 4.73. The van der Waals surface area contributed by atoms with E-state index in [0.717, 1.165) is 18.4 Å². The van der Waals surface area contributed by atoms with Crippen LogP contribution in [0, 0.1) is 6.92 Å². The number of rotatable bonds is 6. The number of nitrogens with one attached hydrogen (secondary N) is 1. The number of aryl methyl sites for hydroxylation is 1. The molecule has 3 aromatic carbocycles. The lowest BCUT2D eigenvalue weighted by Gasteiger charge is -2.38. The Balaban J connectivity index is 1.38. The van der Waals surface area contributed by atoms with Crippen molar-refractivity contribution in [3.63, 3.8) is 0 Å². The molecule has 4 aromatic rings. The second kappa shape index (κ2) is 9.61. The number of nitrogens with zero attached hydrogens (tertiary/aromatic N) is 2. The van der Waals surface area contributed by atoms with Crippen molar-refractivity contribution in [3.05, 3.63) is 95.9 Å². The third-order valence-electron chi connectivity index (χ3n) is 6.53. The molecular weight excluding hydrogens is 426 g/mol. The molecule has 0 unspecified atom stereocenters. The minimum Gasteiger partial charge on any atom is -0.381 e. The first kappa shape index (κ1) is 22.0. The van der Waals surface area contributed by atoms with Crippen molar-refractivity contribution < 1.29 is 14.1 Å². The van der Waals surface area contributed by atoms with Crippen molar-refractivity contribution in [2.75, 3.05) is 19.8 Å². The molecule has 1 aromatic heterocycles. The first-order valence-electron chi connectivity index (χ1n) is 11.6. The smallest absolute Gasteiger partial charge is 0.251 e. The van der Waals surface area contributed by atoms with Gasteiger partial charge in [0, 0.05) is 43.2 Å². The topological polar surface area (TPSA) is 77.2 Å². The van der Waals surface area contributed by atoms with E-state index < -0.39 is 0 Å². The monoisotopic (exact) mass is 453 g/mol. The lowest BCUT2D eigenvalue weighted by Crippen LogP contribution is -2.44. The molecule has 0 aliphatic carbocycles. The minimum atomic E-state index is -0.179. The molecule has 0 saturated carbocycles. The Bertz CT molecular complexity index is 1280. The van der Waals surface area contributed by atoms with Gasteiger partial charge in [0.25, 0.3) is 5.91 Å². The van der Waals surface area contributed by atoms with Gasteiger partial charge in [-0.15, -0.1) is 0 Å². The molecule has 2 heterocycles. The number of aromatic nitrogens is 2. The number of hydrogen-bond acceptors (Lipinski definition) is 5. The average Bonchev–Trinajstić information content (AvgIpc) is 3.35. The van der Waals surface area contributed by atoms with Crippen molar-refractivity contribution in [1.82, 2.24) is 15.5 Å². The summed E-state index contributed by atoms with van der Waals surface area (Å²) in [5.74, 6) is 0.849. The summed E-state index contributed by atoms with van der Waals surface area (Å²) in [6.45, 7) is 3.64. The van der Waals surface area contributed by atoms with Gasteiger partial charge in [0.15, 0.2) is 0 Å². The molecule has 1 fully saturated rings. The fourth-order valence-electron chi connectivity index (χ4n) is 4.56. The number of hydrogen-bond donors (Lipinski definition) is 1. The largest absolute Gasteiger partial charge is 0.381 e. The van der Waals surface area contributed by atoms with Gasteiger partial charge in [0.05, 0.1) is 0 Å². The summed E-state index contributed by atoms with van der Waals surface area (Å²) in [5, 5.41) is 7.15. The highest BCUT2D eigenvalue weighted by atomic mass is 16.5. The molecular formula is C28H27N3O3. The van der Waals surface area contributed by atoms with Gasteiger partial charge in [-0.2, -0.15) is 4.98 Å². The summed E-state index contributed by atoms with van der Waals surface area (Å²) in [6.07, 6.45) is 1.71. The second-order valence-electron chi connectivity index (χ2n) is 8.74. The zero-order chi connectivity index (χ0) is 23.4. The maximum Gasteiger partial charge on any atom is 0.251 e. The highest BCUT2D eigenvalue weighted by Gasteiger charge is 2.35. The Labute approximate surface area is 199 Å². The fraction of sp³-hybridized carbons (Fsp3) is 0.250. The number of amides is 1. The normalized spacial score (nSPS) is 15.1. The maximum atomic E-state index is 13.1. The van der Waals surface area contributed by atoms with Crippen LogP contribution in [-0.4, -0.2) is 35.8 Å². The Morgan fingerprint density at radius 1 is 0.912 bits per heavy atom. The maximum absolute atomic E-state index is 13.1. The van der Waals surface area contributed by atoms with E-state index in [1.807, 2.05) is 18.2 Å². The summed E-state index contributed by atoms with van der Waals surface area (Å²) in [6, 6.07) is 26.3. The van der Waals surface area contributed by atoms with Gasteiger partial charge in [0.2, 0.25) is 11.7 Å². The van der Waals surface area contributed by atoms with Gasteiger partial charge in [-0.1, -0.05) is 71.9 Å². The van der Waals surface area contributed by atoms with Crippen LogP contribution in [-0.2, 0) is 10.2 Å². The summed E-state index contributed by atoms with van der Waals surface area (Å²) in [7, 11) is 0. The summed E-state index contributed by atoms with van der Waals surface area (Å²) in [4.78, 5) is 17.4. The molecule has 6 nitrogen and oxygen atoms in total. The highest BCUT2D eigenvalue weighted by molar-refractivity contribution is 5.95. The van der Waals surface area contributed by atoms with Crippen molar-refractivity contribution in [2.24, 2.45) is 0 Å². The van der Waals surface area contributed by atoms with Crippen LogP contribution >= 0.6 is 0 Å². The third-order valence-corrected chi connectivity index (χ3v) is 6.53. The highest BCUT2D eigenvalue weighted by Crippen LogP contribution is 2.36. The number of carbonyl (C=O) groups excluding carboxylic acids is 1. The van der Waals surface area contributed by atoms with E-state index in [4.69, 9.17) is 9.26 Å². The van der Waals surface area contributed by atoms with E-state index in [-0.39, 0.29) is 11.3 Å². The zero-order valence-corrected chi connectivity index (χ0v) is 19.2. The van der Waals surface area contributed by atoms with Crippen LogP contribution in [0.1, 0.15) is 34.7 Å². The number of carbonyl (C=O) groups is 1. The van der Waals surface area contributed by atoms with E-state index in [1.54, 1.807) is 19.1 Å². The molecule has 34 heavy (non-hydrogen) atoms. The third kappa shape index (κ3) is 4.63. The lowest BCUT2D eigenvalue weighted by atomic mass is 9.73. The Morgan fingerprint density at radius 2 is 1.65 bits per heavy atom. The molecule has 0 radical (unpaired) electrons. The molecule has 1 saturated heterocycles. The van der Waals surface area contributed by atoms with E-state index in [1.165, 1.54) is 16.7 Å². The molecule has 5 rings (SSSR count). The van der Waals surface area contributed by atoms with Crippen LogP contribution in [0.15, 0.2) is 83.4 Å². The first-order chi connectivity index (χ1) is 16.6. The van der Waals surface area contributed by atoms with E-state index >= 15 is 0 Å². The number of ether oxygens (including phenoxy) is 1. The van der Waals surface area contributed by atoms with Crippen LogP contribution in [0.5, 0.6) is 0 Å². The van der Waals surface area contributed by atoms with Gasteiger partial charge >= 0.3 is 0 Å². The number of benzene rings is 3. The Morgan fingerprint density at radius 3 is 2.41 bits per heavy atom. The molecule has 0 spiro atoms. The predicted octanol–water partition coefficient (Wildman–Crippen LogP) is 5.19. The van der Waals surface area contributed by atoms with Crippen LogP contribution in [0.25, 0.3) is 22.5 Å². The van der Waals surface area contributed by atoms with Crippen LogP contribution in [0.2, 0.25) is 0 Å². The second-order valence-corrected chi connectivity index (χ2v) is 8.74. The van der Waals surface area contributed by atoms with Crippen LogP contribution < -0.4 is 5.32 Å². The van der Waals surface area contributed by atoms with Crippen molar-refractivity contribution in [2.45, 2.75) is 25.2 Å². The molecule has 0 bridgehead atoms. The van der Waals surface area contributed by atoms with Gasteiger partial charge in [-0.3, -0.25) is 4.79 Å². The van der Waals surface area contributed by atoms with Gasteiger partial charge in [-0.25, -0.2) is 0 Å². The molecule has 1 amide bonds. The molecule has 1 aliphatic heterocycles. The Kier molecular flexibility index (Phi) is 6.23. The van der Waals surface area contributed by atoms with Crippen LogP contribution in [0.3, 0.4) is 0 Å². The Hall–Kier alpha value is -3.77. The predicted molar refractivity (Wildman–Crippen MR) is 130 cm³/mol. The summed E-state index contributed by atoms with van der Waals surface area (Å²) >= 11 is 0. The van der Waals surface area contributed by atoms with Gasteiger partial charge < -0.3 is 14.6 Å². The summed E-state index contributed by atoms with van der Waals surface area (Å²) < 4.78 is 10.8. The van der Waals surface area contributed by atoms with Crippen molar-refractivity contribution >= 4 is 5.91 Å². The van der Waals surface area contributed by atoms with E-state index in [9.17, 15) is 4.79 Å². The molecule has 172 valence electrons.